The highest BCUT2D eigenvalue weighted by Crippen LogP contribution is 2.27. The Bertz CT molecular complexity index is 771. The smallest absolute Gasteiger partial charge is 0.413 e. The molecule has 1 aromatic carbocycles. The van der Waals surface area contributed by atoms with Gasteiger partial charge in [0.05, 0.1) is 6.61 Å². The zero-order valence-corrected chi connectivity index (χ0v) is 16.3. The third-order valence-corrected chi connectivity index (χ3v) is 4.34. The van der Waals surface area contributed by atoms with Gasteiger partial charge < -0.3 is 19.3 Å². The Hall–Kier alpha value is -2.91. The minimum atomic E-state index is -1.24. The fourth-order valence-electron chi connectivity index (χ4n) is 2.91. The van der Waals surface area contributed by atoms with Crippen molar-refractivity contribution in [1.82, 2.24) is 4.90 Å². The van der Waals surface area contributed by atoms with E-state index in [1.807, 2.05) is 0 Å². The van der Waals surface area contributed by atoms with Gasteiger partial charge in [0.25, 0.3) is 6.29 Å². The predicted molar refractivity (Wildman–Crippen MR) is 95.0 cm³/mol. The van der Waals surface area contributed by atoms with E-state index in [-0.39, 0.29) is 31.2 Å². The number of carbonyl (C=O) groups is 3. The lowest BCUT2D eigenvalue weighted by Gasteiger charge is -2.26. The molecule has 0 spiro atoms. The Balaban J connectivity index is 2.04. The molecule has 3 atom stereocenters. The van der Waals surface area contributed by atoms with Gasteiger partial charge in [0.15, 0.2) is 11.6 Å². The van der Waals surface area contributed by atoms with Gasteiger partial charge in [-0.1, -0.05) is 19.9 Å². The van der Waals surface area contributed by atoms with E-state index < -0.39 is 47.9 Å². The molecule has 2 rings (SSSR count). The molecule has 0 unspecified atom stereocenters. The summed E-state index contributed by atoms with van der Waals surface area (Å²) >= 11 is 0. The molecule has 0 radical (unpaired) electrons. The van der Waals surface area contributed by atoms with Crippen LogP contribution in [0.15, 0.2) is 18.2 Å². The van der Waals surface area contributed by atoms with Crippen LogP contribution in [0.5, 0.6) is 5.75 Å². The lowest BCUT2D eigenvalue weighted by molar-refractivity contribution is -0.174. The topological polar surface area (TPSA) is 102 Å². The first-order valence-corrected chi connectivity index (χ1v) is 9.04. The molecular formula is C19H23F2NO7. The van der Waals surface area contributed by atoms with Gasteiger partial charge in [0.2, 0.25) is 5.82 Å². The van der Waals surface area contributed by atoms with Gasteiger partial charge in [-0.3, -0.25) is 9.69 Å². The average molecular weight is 415 g/mol. The van der Waals surface area contributed by atoms with E-state index in [1.54, 1.807) is 13.8 Å². The zero-order chi connectivity index (χ0) is 21.7. The number of nitrogens with zero attached hydrogens (tertiary/aromatic N) is 1. The van der Waals surface area contributed by atoms with Gasteiger partial charge in [0, 0.05) is 25.3 Å². The first-order chi connectivity index (χ1) is 13.6. The standard InChI is InChI=1S/C19H23F2NO7/c1-10(2)18(28-11(3)23)29-19(26)22-8-12(7-14(22)17(24)25)9-27-15-6-4-5-13(20)16(15)21/h4-6,10,12,14,18H,7-9H2,1-3H3,(H,24,25)/t12-,14-,18+/m0/s1. The SMILES string of the molecule is CC(=O)O[C@H](OC(=O)N1C[C@@H](COc2cccc(F)c2F)C[C@H]1C(=O)O)C(C)C. The second-order valence-electron chi connectivity index (χ2n) is 7.08. The van der Waals surface area contributed by atoms with Crippen molar-refractivity contribution in [1.29, 1.82) is 0 Å². The van der Waals surface area contributed by atoms with Gasteiger partial charge in [-0.25, -0.2) is 14.0 Å². The summed E-state index contributed by atoms with van der Waals surface area (Å²) < 4.78 is 42.3. The second-order valence-corrected chi connectivity index (χ2v) is 7.08. The van der Waals surface area contributed by atoms with E-state index in [9.17, 15) is 28.3 Å². The third-order valence-electron chi connectivity index (χ3n) is 4.34. The number of hydrogen-bond donors (Lipinski definition) is 1. The predicted octanol–water partition coefficient (Wildman–Crippen LogP) is 2.80. The second kappa shape index (κ2) is 9.53. The Morgan fingerprint density at radius 2 is 1.93 bits per heavy atom. The Kier molecular flexibility index (Phi) is 7.35. The van der Waals surface area contributed by atoms with Gasteiger partial charge in [-0.15, -0.1) is 0 Å². The number of carbonyl (C=O) groups excluding carboxylic acids is 2. The molecule has 160 valence electrons. The number of rotatable bonds is 7. The summed E-state index contributed by atoms with van der Waals surface area (Å²) in [6, 6.07) is 2.30. The summed E-state index contributed by atoms with van der Waals surface area (Å²) in [5.41, 5.74) is 0. The molecule has 1 aliphatic rings. The maximum atomic E-state index is 13.7. The van der Waals surface area contributed by atoms with Crippen LogP contribution in [0.4, 0.5) is 13.6 Å². The number of aliphatic carboxylic acids is 1. The Labute approximate surface area is 166 Å². The van der Waals surface area contributed by atoms with Crippen LogP contribution in [0.2, 0.25) is 0 Å². The minimum Gasteiger partial charge on any atom is -0.490 e. The molecule has 0 bridgehead atoms. The van der Waals surface area contributed by atoms with Crippen LogP contribution >= 0.6 is 0 Å². The Morgan fingerprint density at radius 1 is 1.24 bits per heavy atom. The van der Waals surface area contributed by atoms with Crippen LogP contribution in [0.25, 0.3) is 0 Å². The van der Waals surface area contributed by atoms with Crippen molar-refractivity contribution >= 4 is 18.0 Å². The van der Waals surface area contributed by atoms with Crippen molar-refractivity contribution in [3.63, 3.8) is 0 Å². The van der Waals surface area contributed by atoms with Gasteiger partial charge >= 0.3 is 18.0 Å². The molecule has 10 heteroatoms. The van der Waals surface area contributed by atoms with Crippen molar-refractivity contribution in [2.24, 2.45) is 11.8 Å². The summed E-state index contributed by atoms with van der Waals surface area (Å²) in [5, 5.41) is 9.42. The van der Waals surface area contributed by atoms with E-state index in [1.165, 1.54) is 12.1 Å². The number of hydrogen-bond acceptors (Lipinski definition) is 6. The van der Waals surface area contributed by atoms with Crippen molar-refractivity contribution < 1.29 is 42.5 Å². The van der Waals surface area contributed by atoms with Crippen LogP contribution in [0.3, 0.4) is 0 Å². The third kappa shape index (κ3) is 5.78. The van der Waals surface area contributed by atoms with Crippen LogP contribution < -0.4 is 4.74 Å². The number of amides is 1. The van der Waals surface area contributed by atoms with Gasteiger partial charge in [-0.05, 0) is 18.6 Å². The zero-order valence-electron chi connectivity index (χ0n) is 16.3. The molecule has 0 aromatic heterocycles. The van der Waals surface area contributed by atoms with Crippen molar-refractivity contribution in [3.05, 3.63) is 29.8 Å². The summed E-state index contributed by atoms with van der Waals surface area (Å²) in [5.74, 6) is -5.18. The maximum absolute atomic E-state index is 13.7. The van der Waals surface area contributed by atoms with E-state index >= 15 is 0 Å². The molecule has 1 N–H and O–H groups in total. The fraction of sp³-hybridized carbons (Fsp3) is 0.526. The van der Waals surface area contributed by atoms with Crippen LogP contribution in [0, 0.1) is 23.5 Å². The summed E-state index contributed by atoms with van der Waals surface area (Å²) in [6.07, 6.45) is -2.07. The van der Waals surface area contributed by atoms with Crippen molar-refractivity contribution in [2.75, 3.05) is 13.2 Å². The number of benzene rings is 1. The van der Waals surface area contributed by atoms with Gasteiger partial charge in [0.1, 0.15) is 6.04 Å². The molecular weight excluding hydrogens is 392 g/mol. The highest BCUT2D eigenvalue weighted by atomic mass is 19.2. The number of halogens is 2. The monoisotopic (exact) mass is 415 g/mol. The highest BCUT2D eigenvalue weighted by Gasteiger charge is 2.42. The Morgan fingerprint density at radius 3 is 2.52 bits per heavy atom. The average Bonchev–Trinajstić information content (AvgIpc) is 3.06. The summed E-state index contributed by atoms with van der Waals surface area (Å²) in [6.45, 7) is 4.36. The highest BCUT2D eigenvalue weighted by molar-refractivity contribution is 5.81. The van der Waals surface area contributed by atoms with E-state index in [0.717, 1.165) is 17.9 Å². The first kappa shape index (κ1) is 22.4. The van der Waals surface area contributed by atoms with Crippen LogP contribution in [-0.4, -0.2) is 53.5 Å². The fourth-order valence-corrected chi connectivity index (χ4v) is 2.91. The van der Waals surface area contributed by atoms with Crippen molar-refractivity contribution in [2.45, 2.75) is 39.5 Å². The molecule has 1 amide bonds. The molecule has 8 nitrogen and oxygen atoms in total. The molecule has 1 saturated heterocycles. The number of likely N-dealkylation sites (tertiary alicyclic amines) is 1. The molecule has 1 aliphatic heterocycles. The van der Waals surface area contributed by atoms with E-state index in [0.29, 0.717) is 0 Å². The maximum Gasteiger partial charge on any atom is 0.413 e. The molecule has 0 saturated carbocycles. The molecule has 1 fully saturated rings. The quantitative estimate of drug-likeness (QED) is 0.540. The number of ether oxygens (including phenoxy) is 3. The molecule has 0 aliphatic carbocycles. The number of esters is 1. The summed E-state index contributed by atoms with van der Waals surface area (Å²) in [7, 11) is 0. The molecule has 29 heavy (non-hydrogen) atoms. The number of carboxylic acid groups (broad SMARTS) is 1. The first-order valence-electron chi connectivity index (χ1n) is 9.04. The lowest BCUT2D eigenvalue weighted by atomic mass is 10.1. The normalized spacial score (nSPS) is 19.7. The van der Waals surface area contributed by atoms with Crippen molar-refractivity contribution in [3.8, 4) is 5.75 Å². The van der Waals surface area contributed by atoms with E-state index in [2.05, 4.69) is 0 Å². The summed E-state index contributed by atoms with van der Waals surface area (Å²) in [4.78, 5) is 36.2. The molecule has 1 aromatic rings. The molecule has 1 heterocycles. The van der Waals surface area contributed by atoms with E-state index in [4.69, 9.17) is 14.2 Å². The largest absolute Gasteiger partial charge is 0.490 e. The minimum absolute atomic E-state index is 0.0301. The van der Waals surface area contributed by atoms with Crippen LogP contribution in [0.1, 0.15) is 27.2 Å². The lowest BCUT2D eigenvalue weighted by Crippen LogP contribution is -2.43. The van der Waals surface area contributed by atoms with Crippen LogP contribution in [-0.2, 0) is 19.1 Å². The van der Waals surface area contributed by atoms with Gasteiger partial charge in [-0.2, -0.15) is 4.39 Å². The number of carboxylic acids is 1.